The zero-order valence-corrected chi connectivity index (χ0v) is 12.9. The molecule has 3 nitrogen and oxygen atoms in total. The molecule has 20 heavy (non-hydrogen) atoms. The summed E-state index contributed by atoms with van der Waals surface area (Å²) in [6.45, 7) is 9.00. The highest BCUT2D eigenvalue weighted by Gasteiger charge is 2.31. The van der Waals surface area contributed by atoms with E-state index in [4.69, 9.17) is 4.42 Å². The third kappa shape index (κ3) is 2.82. The van der Waals surface area contributed by atoms with Crippen molar-refractivity contribution in [2.45, 2.75) is 53.0 Å². The lowest BCUT2D eigenvalue weighted by molar-refractivity contribution is 0.178. The van der Waals surface area contributed by atoms with Gasteiger partial charge in [-0.25, -0.2) is 4.98 Å². The second kappa shape index (κ2) is 4.80. The fourth-order valence-corrected chi connectivity index (χ4v) is 3.82. The van der Waals surface area contributed by atoms with Crippen molar-refractivity contribution >= 4 is 16.8 Å². The van der Waals surface area contributed by atoms with Gasteiger partial charge in [0.25, 0.3) is 0 Å². The van der Waals surface area contributed by atoms with Crippen LogP contribution in [-0.2, 0) is 0 Å². The van der Waals surface area contributed by atoms with E-state index in [2.05, 4.69) is 43.2 Å². The molecule has 1 heterocycles. The number of nitrogens with one attached hydrogen (secondary N) is 1. The molecule has 0 spiro atoms. The molecule has 0 saturated heterocycles. The van der Waals surface area contributed by atoms with Gasteiger partial charge < -0.3 is 9.73 Å². The molecule has 0 aliphatic heterocycles. The Morgan fingerprint density at radius 1 is 1.30 bits per heavy atom. The molecule has 1 aliphatic rings. The molecule has 3 rings (SSSR count). The van der Waals surface area contributed by atoms with Crippen molar-refractivity contribution in [2.24, 2.45) is 11.3 Å². The van der Waals surface area contributed by atoms with E-state index in [1.165, 1.54) is 19.3 Å². The van der Waals surface area contributed by atoms with Gasteiger partial charge in [-0.15, -0.1) is 0 Å². The maximum Gasteiger partial charge on any atom is 0.192 e. The van der Waals surface area contributed by atoms with E-state index in [1.54, 1.807) is 0 Å². The predicted octanol–water partition coefficient (Wildman–Crippen LogP) is 4.76. The molecule has 1 aliphatic carbocycles. The van der Waals surface area contributed by atoms with E-state index >= 15 is 0 Å². The quantitative estimate of drug-likeness (QED) is 0.856. The first kappa shape index (κ1) is 13.5. The van der Waals surface area contributed by atoms with Crippen LogP contribution >= 0.6 is 0 Å². The van der Waals surface area contributed by atoms with Crippen LogP contribution in [0, 0.1) is 18.3 Å². The Balaban J connectivity index is 1.78. The molecule has 0 bridgehead atoms. The van der Waals surface area contributed by atoms with Gasteiger partial charge in [0, 0.05) is 18.7 Å². The molecule has 1 N–H and O–H groups in total. The summed E-state index contributed by atoms with van der Waals surface area (Å²) in [7, 11) is 0. The van der Waals surface area contributed by atoms with Crippen molar-refractivity contribution in [2.75, 3.05) is 5.32 Å². The molecule has 3 heteroatoms. The highest BCUT2D eigenvalue weighted by molar-refractivity contribution is 5.77. The van der Waals surface area contributed by atoms with Crippen molar-refractivity contribution in [3.8, 4) is 0 Å². The molecule has 0 amide bonds. The second-order valence-corrected chi connectivity index (χ2v) is 7.17. The monoisotopic (exact) mass is 272 g/mol. The first-order chi connectivity index (χ1) is 9.41. The van der Waals surface area contributed by atoms with Gasteiger partial charge in [-0.2, -0.15) is 0 Å². The Bertz CT molecular complexity index is 614. The number of fused-ring (bicyclic) bond motifs is 1. The Morgan fingerprint density at radius 3 is 2.85 bits per heavy atom. The first-order valence-corrected chi connectivity index (χ1v) is 7.55. The number of aromatic nitrogens is 1. The van der Waals surface area contributed by atoms with E-state index < -0.39 is 0 Å². The van der Waals surface area contributed by atoms with Gasteiger partial charge in [-0.1, -0.05) is 20.8 Å². The summed E-state index contributed by atoms with van der Waals surface area (Å²) in [6, 6.07) is 6.76. The average molecular weight is 272 g/mol. The van der Waals surface area contributed by atoms with Gasteiger partial charge in [-0.05, 0) is 48.8 Å². The van der Waals surface area contributed by atoms with Gasteiger partial charge in [0.1, 0.15) is 5.52 Å². The highest BCUT2D eigenvalue weighted by Crippen LogP contribution is 2.39. The first-order valence-electron chi connectivity index (χ1n) is 7.55. The van der Waals surface area contributed by atoms with Gasteiger partial charge >= 0.3 is 0 Å². The normalized spacial score (nSPS) is 25.8. The number of hydrogen-bond acceptors (Lipinski definition) is 3. The number of benzene rings is 1. The van der Waals surface area contributed by atoms with Crippen molar-refractivity contribution in [1.29, 1.82) is 0 Å². The summed E-state index contributed by atoms with van der Waals surface area (Å²) in [5.41, 5.74) is 3.39. The molecule has 1 aromatic carbocycles. The maximum absolute atomic E-state index is 5.52. The van der Waals surface area contributed by atoms with Crippen LogP contribution in [0.2, 0.25) is 0 Å². The third-order valence-corrected chi connectivity index (χ3v) is 4.25. The third-order valence-electron chi connectivity index (χ3n) is 4.25. The lowest BCUT2D eigenvalue weighted by atomic mass is 9.70. The van der Waals surface area contributed by atoms with Crippen LogP contribution < -0.4 is 5.32 Å². The summed E-state index contributed by atoms with van der Waals surface area (Å²) >= 11 is 0. The van der Waals surface area contributed by atoms with Crippen molar-refractivity contribution in [3.63, 3.8) is 0 Å². The van der Waals surface area contributed by atoms with E-state index in [0.717, 1.165) is 28.6 Å². The van der Waals surface area contributed by atoms with Crippen LogP contribution in [0.5, 0.6) is 0 Å². The topological polar surface area (TPSA) is 38.1 Å². The minimum atomic E-state index is 0.434. The maximum atomic E-state index is 5.52. The van der Waals surface area contributed by atoms with Gasteiger partial charge in [0.05, 0.1) is 0 Å². The molecule has 2 unspecified atom stereocenters. The summed E-state index contributed by atoms with van der Waals surface area (Å²) in [4.78, 5) is 4.40. The molecular weight excluding hydrogens is 248 g/mol. The van der Waals surface area contributed by atoms with Crippen LogP contribution in [0.3, 0.4) is 0 Å². The number of oxazole rings is 1. The number of rotatable bonds is 2. The van der Waals surface area contributed by atoms with E-state index in [9.17, 15) is 0 Å². The van der Waals surface area contributed by atoms with Crippen molar-refractivity contribution in [3.05, 3.63) is 24.1 Å². The van der Waals surface area contributed by atoms with Crippen LogP contribution in [0.25, 0.3) is 11.1 Å². The van der Waals surface area contributed by atoms with E-state index in [1.807, 2.05) is 13.0 Å². The Hall–Kier alpha value is -1.51. The highest BCUT2D eigenvalue weighted by atomic mass is 16.3. The number of nitrogens with zero attached hydrogens (tertiary/aromatic N) is 1. The molecule has 2 aromatic rings. The SMILES string of the molecule is Cc1nc2cc(NC3CC(C)CC(C)(C)C3)ccc2o1. The molecule has 1 fully saturated rings. The molecule has 2 atom stereocenters. The van der Waals surface area contributed by atoms with Crippen LogP contribution in [0.1, 0.15) is 45.9 Å². The molecule has 108 valence electrons. The van der Waals surface area contributed by atoms with Gasteiger partial charge in [-0.3, -0.25) is 0 Å². The summed E-state index contributed by atoms with van der Waals surface area (Å²) < 4.78 is 5.52. The molecule has 1 saturated carbocycles. The fourth-order valence-electron chi connectivity index (χ4n) is 3.82. The van der Waals surface area contributed by atoms with Crippen LogP contribution in [0.15, 0.2) is 22.6 Å². The zero-order valence-electron chi connectivity index (χ0n) is 12.9. The average Bonchev–Trinajstić information content (AvgIpc) is 2.65. The summed E-state index contributed by atoms with van der Waals surface area (Å²) in [6.07, 6.45) is 3.80. The predicted molar refractivity (Wildman–Crippen MR) is 83.0 cm³/mol. The van der Waals surface area contributed by atoms with Crippen molar-refractivity contribution < 1.29 is 4.42 Å². The largest absolute Gasteiger partial charge is 0.441 e. The number of hydrogen-bond donors (Lipinski definition) is 1. The van der Waals surface area contributed by atoms with Crippen molar-refractivity contribution in [1.82, 2.24) is 4.98 Å². The number of aryl methyl sites for hydroxylation is 1. The van der Waals surface area contributed by atoms with Crippen LogP contribution in [-0.4, -0.2) is 11.0 Å². The fraction of sp³-hybridized carbons (Fsp3) is 0.588. The number of anilines is 1. The Morgan fingerprint density at radius 2 is 2.10 bits per heavy atom. The summed E-state index contributed by atoms with van der Waals surface area (Å²) in [5, 5.41) is 3.69. The lowest BCUT2D eigenvalue weighted by Crippen LogP contribution is -2.35. The molecule has 0 radical (unpaired) electrons. The standard InChI is InChI=1S/C17H24N2O/c1-11-7-14(10-17(3,4)9-11)19-13-5-6-16-15(8-13)18-12(2)20-16/h5-6,8,11,14,19H,7,9-10H2,1-4H3. The smallest absolute Gasteiger partial charge is 0.192 e. The van der Waals surface area contributed by atoms with Gasteiger partial charge in [0.2, 0.25) is 0 Å². The van der Waals surface area contributed by atoms with Gasteiger partial charge in [0.15, 0.2) is 11.5 Å². The minimum Gasteiger partial charge on any atom is -0.441 e. The molecule has 1 aromatic heterocycles. The lowest BCUT2D eigenvalue weighted by Gasteiger charge is -2.39. The second-order valence-electron chi connectivity index (χ2n) is 7.17. The Labute approximate surface area is 120 Å². The Kier molecular flexibility index (Phi) is 3.23. The molecular formula is C17H24N2O. The minimum absolute atomic E-state index is 0.434. The summed E-state index contributed by atoms with van der Waals surface area (Å²) in [5.74, 6) is 1.51. The van der Waals surface area contributed by atoms with E-state index in [-0.39, 0.29) is 0 Å². The van der Waals surface area contributed by atoms with Crippen LogP contribution in [0.4, 0.5) is 5.69 Å². The zero-order chi connectivity index (χ0) is 14.3. The van der Waals surface area contributed by atoms with E-state index in [0.29, 0.717) is 11.5 Å².